The van der Waals surface area contributed by atoms with Crippen molar-refractivity contribution in [2.45, 2.75) is 50.5 Å². The summed E-state index contributed by atoms with van der Waals surface area (Å²) in [4.78, 5) is 8.81. The van der Waals surface area contributed by atoms with Crippen LogP contribution < -0.4 is 0 Å². The molecule has 0 unspecified atom stereocenters. The fourth-order valence-corrected chi connectivity index (χ4v) is 5.57. The zero-order chi connectivity index (χ0) is 16.6. The van der Waals surface area contributed by atoms with Gasteiger partial charge in [0.2, 0.25) is 0 Å². The van der Waals surface area contributed by atoms with E-state index in [2.05, 4.69) is 4.98 Å². The normalized spacial score (nSPS) is 24.2. The van der Waals surface area contributed by atoms with Gasteiger partial charge in [-0.3, -0.25) is 4.98 Å². The minimum absolute atomic E-state index is 0.0278. The Morgan fingerprint density at radius 1 is 1.04 bits per heavy atom. The smallest absolute Gasteiger partial charge is 0.181 e. The van der Waals surface area contributed by atoms with Crippen LogP contribution in [0.15, 0.2) is 24.5 Å². The summed E-state index contributed by atoms with van der Waals surface area (Å²) in [6.45, 7) is 0. The molecule has 2 aliphatic rings. The highest BCUT2D eigenvalue weighted by atomic mass is 32.2. The Kier molecular flexibility index (Phi) is 4.12. The molecule has 2 fully saturated rings. The molecule has 1 aliphatic carbocycles. The van der Waals surface area contributed by atoms with E-state index >= 15 is 0 Å². The van der Waals surface area contributed by atoms with Crippen molar-refractivity contribution in [3.63, 3.8) is 0 Å². The standard InChI is InChI=1S/C17H22N4O2S/c22-24(23)11-8-14(12-24)17-19-16(13-6-9-18-10-7-13)20-21(17)15-4-2-1-3-5-15/h6-7,9-10,14-15H,1-5,8,11-12H2/t14-/m1/s1. The van der Waals surface area contributed by atoms with Gasteiger partial charge in [0.1, 0.15) is 5.82 Å². The molecule has 2 aromatic rings. The SMILES string of the molecule is O=S1(=O)CC[C@@H](c2nc(-c3ccncc3)nn2C2CCCCC2)C1. The van der Waals surface area contributed by atoms with Crippen LogP contribution in [0.4, 0.5) is 0 Å². The van der Waals surface area contributed by atoms with E-state index in [1.807, 2.05) is 16.8 Å². The van der Waals surface area contributed by atoms with Crippen LogP contribution in [-0.2, 0) is 9.84 Å². The van der Waals surface area contributed by atoms with Crippen LogP contribution >= 0.6 is 0 Å². The van der Waals surface area contributed by atoms with Gasteiger partial charge in [-0.25, -0.2) is 18.1 Å². The zero-order valence-corrected chi connectivity index (χ0v) is 14.5. The first kappa shape index (κ1) is 15.7. The van der Waals surface area contributed by atoms with Gasteiger partial charge in [-0.1, -0.05) is 19.3 Å². The third kappa shape index (κ3) is 3.09. The summed E-state index contributed by atoms with van der Waals surface area (Å²) in [7, 11) is -2.94. The second-order valence-electron chi connectivity index (χ2n) is 6.87. The molecule has 0 radical (unpaired) electrons. The van der Waals surface area contributed by atoms with Crippen molar-refractivity contribution in [1.82, 2.24) is 19.7 Å². The minimum Gasteiger partial charge on any atom is -0.265 e. The molecule has 0 aromatic carbocycles. The number of sulfone groups is 1. The second kappa shape index (κ2) is 6.27. The van der Waals surface area contributed by atoms with E-state index in [0.29, 0.717) is 18.3 Å². The lowest BCUT2D eigenvalue weighted by molar-refractivity contribution is 0.317. The molecular formula is C17H22N4O2S. The maximum Gasteiger partial charge on any atom is 0.181 e. The van der Waals surface area contributed by atoms with Crippen LogP contribution in [-0.4, -0.2) is 39.7 Å². The molecule has 2 aromatic heterocycles. The molecule has 0 N–H and O–H groups in total. The average Bonchev–Trinajstić information content (AvgIpc) is 3.20. The third-order valence-electron chi connectivity index (χ3n) is 5.11. The van der Waals surface area contributed by atoms with E-state index in [9.17, 15) is 8.42 Å². The van der Waals surface area contributed by atoms with Crippen molar-refractivity contribution in [2.75, 3.05) is 11.5 Å². The Bertz CT molecular complexity index is 810. The summed E-state index contributed by atoms with van der Waals surface area (Å²) in [6, 6.07) is 4.14. The molecule has 7 heteroatoms. The molecule has 1 saturated carbocycles. The van der Waals surface area contributed by atoms with Crippen LogP contribution in [0.2, 0.25) is 0 Å². The van der Waals surface area contributed by atoms with E-state index in [-0.39, 0.29) is 17.4 Å². The highest BCUT2D eigenvalue weighted by Gasteiger charge is 2.34. The predicted molar refractivity (Wildman–Crippen MR) is 91.4 cm³/mol. The third-order valence-corrected chi connectivity index (χ3v) is 6.88. The quantitative estimate of drug-likeness (QED) is 0.854. The Morgan fingerprint density at radius 3 is 2.46 bits per heavy atom. The van der Waals surface area contributed by atoms with Crippen molar-refractivity contribution >= 4 is 9.84 Å². The maximum absolute atomic E-state index is 11.9. The number of hydrogen-bond acceptors (Lipinski definition) is 5. The fourth-order valence-electron chi connectivity index (χ4n) is 3.83. The van der Waals surface area contributed by atoms with Gasteiger partial charge in [-0.2, -0.15) is 5.10 Å². The molecule has 24 heavy (non-hydrogen) atoms. The van der Waals surface area contributed by atoms with Crippen molar-refractivity contribution in [3.8, 4) is 11.4 Å². The van der Waals surface area contributed by atoms with Gasteiger partial charge in [0.05, 0.1) is 17.5 Å². The zero-order valence-electron chi connectivity index (χ0n) is 13.6. The first-order chi connectivity index (χ1) is 11.6. The Labute approximate surface area is 142 Å². The van der Waals surface area contributed by atoms with Gasteiger partial charge in [0.25, 0.3) is 0 Å². The number of hydrogen-bond donors (Lipinski definition) is 0. The lowest BCUT2D eigenvalue weighted by Gasteiger charge is -2.24. The summed E-state index contributed by atoms with van der Waals surface area (Å²) < 4.78 is 25.9. The van der Waals surface area contributed by atoms with Gasteiger partial charge in [-0.05, 0) is 31.4 Å². The van der Waals surface area contributed by atoms with E-state index in [4.69, 9.17) is 10.1 Å². The van der Waals surface area contributed by atoms with Crippen LogP contribution in [0.3, 0.4) is 0 Å². The first-order valence-electron chi connectivity index (χ1n) is 8.70. The molecule has 3 heterocycles. The Morgan fingerprint density at radius 2 is 1.79 bits per heavy atom. The molecule has 1 aliphatic heterocycles. The first-order valence-corrected chi connectivity index (χ1v) is 10.5. The summed E-state index contributed by atoms with van der Waals surface area (Å²) in [5, 5.41) is 4.78. The topological polar surface area (TPSA) is 77.7 Å². The maximum atomic E-state index is 11.9. The lowest BCUT2D eigenvalue weighted by Crippen LogP contribution is -2.19. The Balaban J connectivity index is 1.74. The van der Waals surface area contributed by atoms with Crippen LogP contribution in [0.5, 0.6) is 0 Å². The van der Waals surface area contributed by atoms with Crippen molar-refractivity contribution in [1.29, 1.82) is 0 Å². The van der Waals surface area contributed by atoms with Gasteiger partial charge in [0.15, 0.2) is 15.7 Å². The molecule has 4 rings (SSSR count). The second-order valence-corrected chi connectivity index (χ2v) is 9.09. The fraction of sp³-hybridized carbons (Fsp3) is 0.588. The van der Waals surface area contributed by atoms with Crippen molar-refractivity contribution in [3.05, 3.63) is 30.4 Å². The average molecular weight is 346 g/mol. The molecule has 128 valence electrons. The Hall–Kier alpha value is -1.76. The molecule has 0 spiro atoms. The molecule has 1 saturated heterocycles. The predicted octanol–water partition coefficient (Wildman–Crippen LogP) is 2.75. The number of rotatable bonds is 3. The van der Waals surface area contributed by atoms with E-state index in [1.165, 1.54) is 19.3 Å². The minimum atomic E-state index is -2.94. The molecular weight excluding hydrogens is 324 g/mol. The summed E-state index contributed by atoms with van der Waals surface area (Å²) >= 11 is 0. The van der Waals surface area contributed by atoms with Crippen LogP contribution in [0.1, 0.15) is 56.3 Å². The van der Waals surface area contributed by atoms with Gasteiger partial charge < -0.3 is 0 Å². The summed E-state index contributed by atoms with van der Waals surface area (Å²) in [5.74, 6) is 1.98. The monoisotopic (exact) mass is 346 g/mol. The highest BCUT2D eigenvalue weighted by Crippen LogP contribution is 2.35. The van der Waals surface area contributed by atoms with E-state index < -0.39 is 9.84 Å². The molecule has 1 atom stereocenters. The number of aromatic nitrogens is 4. The number of nitrogens with zero attached hydrogens (tertiary/aromatic N) is 4. The van der Waals surface area contributed by atoms with Crippen LogP contribution in [0.25, 0.3) is 11.4 Å². The molecule has 0 bridgehead atoms. The van der Waals surface area contributed by atoms with Gasteiger partial charge in [-0.15, -0.1) is 0 Å². The lowest BCUT2D eigenvalue weighted by atomic mass is 9.95. The van der Waals surface area contributed by atoms with Crippen molar-refractivity contribution in [2.24, 2.45) is 0 Å². The van der Waals surface area contributed by atoms with Gasteiger partial charge >= 0.3 is 0 Å². The highest BCUT2D eigenvalue weighted by molar-refractivity contribution is 7.91. The largest absolute Gasteiger partial charge is 0.265 e. The summed E-state index contributed by atoms with van der Waals surface area (Å²) in [5.41, 5.74) is 0.932. The van der Waals surface area contributed by atoms with Crippen molar-refractivity contribution < 1.29 is 8.42 Å². The van der Waals surface area contributed by atoms with E-state index in [0.717, 1.165) is 24.2 Å². The van der Waals surface area contributed by atoms with Gasteiger partial charge in [0, 0.05) is 23.9 Å². The molecule has 0 amide bonds. The summed E-state index contributed by atoms with van der Waals surface area (Å²) in [6.07, 6.45) is 10.0. The van der Waals surface area contributed by atoms with Crippen LogP contribution in [0, 0.1) is 0 Å². The number of pyridine rings is 1. The van der Waals surface area contributed by atoms with E-state index in [1.54, 1.807) is 12.4 Å². The molecule has 6 nitrogen and oxygen atoms in total.